The van der Waals surface area contributed by atoms with Crippen molar-refractivity contribution in [2.24, 2.45) is 17.8 Å². The summed E-state index contributed by atoms with van der Waals surface area (Å²) in [5, 5.41) is 0. The van der Waals surface area contributed by atoms with E-state index in [-0.39, 0.29) is 0 Å². The smallest absolute Gasteiger partial charge is 0.0436 e. The Morgan fingerprint density at radius 2 is 2.09 bits per heavy atom. The van der Waals surface area contributed by atoms with Crippen molar-refractivity contribution in [3.05, 3.63) is 11.6 Å². The zero-order valence-corrected chi connectivity index (χ0v) is 8.36. The van der Waals surface area contributed by atoms with Gasteiger partial charge in [-0.05, 0) is 24.2 Å². The highest BCUT2D eigenvalue weighted by Crippen LogP contribution is 2.34. The maximum atomic E-state index is 5.82. The van der Waals surface area contributed by atoms with Crippen molar-refractivity contribution in [2.75, 3.05) is 5.88 Å². The van der Waals surface area contributed by atoms with Gasteiger partial charge in [-0.15, -0.1) is 11.6 Å². The summed E-state index contributed by atoms with van der Waals surface area (Å²) in [4.78, 5) is 0. The summed E-state index contributed by atoms with van der Waals surface area (Å²) < 4.78 is 0. The Morgan fingerprint density at radius 3 is 2.64 bits per heavy atom. The predicted octanol–water partition coefficient (Wildman–Crippen LogP) is 3.46. The Bertz CT molecular complexity index is 160. The van der Waals surface area contributed by atoms with Gasteiger partial charge in [-0.2, -0.15) is 0 Å². The van der Waals surface area contributed by atoms with Gasteiger partial charge in [0.05, 0.1) is 0 Å². The molecule has 0 aromatic heterocycles. The second-order valence-corrected chi connectivity index (χ2v) is 4.04. The zero-order chi connectivity index (χ0) is 8.43. The number of hydrogen-bond acceptors (Lipinski definition) is 0. The van der Waals surface area contributed by atoms with Gasteiger partial charge in [0.2, 0.25) is 0 Å². The van der Waals surface area contributed by atoms with Crippen molar-refractivity contribution < 1.29 is 0 Å². The first kappa shape index (κ1) is 9.12. The Labute approximate surface area is 74.6 Å². The summed E-state index contributed by atoms with van der Waals surface area (Å²) in [7, 11) is 0. The molecular weight excluding hydrogens is 156 g/mol. The van der Waals surface area contributed by atoms with Crippen molar-refractivity contribution in [1.82, 2.24) is 0 Å². The van der Waals surface area contributed by atoms with Crippen LogP contribution in [0.15, 0.2) is 11.6 Å². The SMILES string of the molecule is CC1CC=C(CCl)C(C)C1C. The third-order valence-electron chi connectivity index (χ3n) is 3.18. The zero-order valence-electron chi connectivity index (χ0n) is 7.60. The van der Waals surface area contributed by atoms with Crippen LogP contribution in [-0.4, -0.2) is 5.88 Å². The van der Waals surface area contributed by atoms with Crippen LogP contribution in [0.2, 0.25) is 0 Å². The van der Waals surface area contributed by atoms with E-state index in [1.165, 1.54) is 12.0 Å². The molecule has 0 N–H and O–H groups in total. The quantitative estimate of drug-likeness (QED) is 0.420. The molecule has 3 atom stereocenters. The first-order valence-corrected chi connectivity index (χ1v) is 4.95. The van der Waals surface area contributed by atoms with Crippen LogP contribution in [0.1, 0.15) is 27.2 Å². The molecule has 0 amide bonds. The topological polar surface area (TPSA) is 0 Å². The average molecular weight is 173 g/mol. The lowest BCUT2D eigenvalue weighted by atomic mass is 9.75. The predicted molar refractivity (Wildman–Crippen MR) is 50.9 cm³/mol. The van der Waals surface area contributed by atoms with E-state index < -0.39 is 0 Å². The summed E-state index contributed by atoms with van der Waals surface area (Å²) in [6.07, 6.45) is 3.54. The van der Waals surface area contributed by atoms with Crippen LogP contribution in [0.25, 0.3) is 0 Å². The summed E-state index contributed by atoms with van der Waals surface area (Å²) in [5.41, 5.74) is 1.44. The Hall–Kier alpha value is 0.0300. The molecule has 0 fully saturated rings. The van der Waals surface area contributed by atoms with Gasteiger partial charge in [-0.3, -0.25) is 0 Å². The van der Waals surface area contributed by atoms with Crippen LogP contribution in [0.3, 0.4) is 0 Å². The van der Waals surface area contributed by atoms with Crippen molar-refractivity contribution in [2.45, 2.75) is 27.2 Å². The molecule has 0 heterocycles. The molecule has 64 valence electrons. The van der Waals surface area contributed by atoms with Crippen molar-refractivity contribution in [3.8, 4) is 0 Å². The van der Waals surface area contributed by atoms with Crippen LogP contribution < -0.4 is 0 Å². The largest absolute Gasteiger partial charge is 0.122 e. The number of halogens is 1. The first-order chi connectivity index (χ1) is 5.16. The highest BCUT2D eigenvalue weighted by molar-refractivity contribution is 6.19. The standard InChI is InChI=1S/C10H17Cl/c1-7-4-5-10(6-11)9(3)8(7)2/h5,7-9H,4,6H2,1-3H3. The van der Waals surface area contributed by atoms with Gasteiger partial charge >= 0.3 is 0 Å². The molecule has 0 aromatic rings. The van der Waals surface area contributed by atoms with Gasteiger partial charge in [0.1, 0.15) is 0 Å². The fourth-order valence-electron chi connectivity index (χ4n) is 1.74. The Morgan fingerprint density at radius 1 is 1.45 bits per heavy atom. The minimum absolute atomic E-state index is 0.691. The van der Waals surface area contributed by atoms with E-state index in [9.17, 15) is 0 Å². The summed E-state index contributed by atoms with van der Waals surface area (Å²) in [6, 6.07) is 0. The molecular formula is C10H17Cl. The minimum Gasteiger partial charge on any atom is -0.122 e. The molecule has 11 heavy (non-hydrogen) atoms. The van der Waals surface area contributed by atoms with Crippen molar-refractivity contribution in [1.29, 1.82) is 0 Å². The van der Waals surface area contributed by atoms with Crippen LogP contribution in [0.5, 0.6) is 0 Å². The molecule has 0 bridgehead atoms. The van der Waals surface area contributed by atoms with Gasteiger partial charge in [-0.1, -0.05) is 32.4 Å². The number of allylic oxidation sites excluding steroid dienone is 2. The average Bonchev–Trinajstić information content (AvgIpc) is 2.01. The van der Waals surface area contributed by atoms with E-state index in [1.54, 1.807) is 0 Å². The Kier molecular flexibility index (Phi) is 3.00. The number of hydrogen-bond donors (Lipinski definition) is 0. The maximum absolute atomic E-state index is 5.82. The maximum Gasteiger partial charge on any atom is 0.0436 e. The fourth-order valence-corrected chi connectivity index (χ4v) is 2.10. The van der Waals surface area contributed by atoms with Crippen molar-refractivity contribution >= 4 is 11.6 Å². The molecule has 0 nitrogen and oxygen atoms in total. The monoisotopic (exact) mass is 172 g/mol. The third kappa shape index (κ3) is 1.79. The molecule has 0 saturated carbocycles. The summed E-state index contributed by atoms with van der Waals surface area (Å²) in [5.74, 6) is 3.04. The lowest BCUT2D eigenvalue weighted by molar-refractivity contribution is 0.292. The molecule has 1 aliphatic rings. The van der Waals surface area contributed by atoms with Gasteiger partial charge in [0.25, 0.3) is 0 Å². The number of rotatable bonds is 1. The van der Waals surface area contributed by atoms with Gasteiger partial charge in [0.15, 0.2) is 0 Å². The number of alkyl halides is 1. The van der Waals surface area contributed by atoms with E-state index in [2.05, 4.69) is 26.8 Å². The van der Waals surface area contributed by atoms with E-state index in [1.807, 2.05) is 0 Å². The molecule has 1 heteroatoms. The molecule has 0 aliphatic heterocycles. The van der Waals surface area contributed by atoms with Gasteiger partial charge in [-0.25, -0.2) is 0 Å². The first-order valence-electron chi connectivity index (χ1n) is 4.41. The van der Waals surface area contributed by atoms with E-state index in [0.717, 1.165) is 17.7 Å². The molecule has 0 radical (unpaired) electrons. The molecule has 1 rings (SSSR count). The fraction of sp³-hybridized carbons (Fsp3) is 0.800. The van der Waals surface area contributed by atoms with Crippen LogP contribution in [0.4, 0.5) is 0 Å². The normalized spacial score (nSPS) is 38.5. The molecule has 3 unspecified atom stereocenters. The van der Waals surface area contributed by atoms with E-state index >= 15 is 0 Å². The molecule has 0 spiro atoms. The molecule has 0 saturated heterocycles. The summed E-state index contributed by atoms with van der Waals surface area (Å²) in [6.45, 7) is 6.94. The lowest BCUT2D eigenvalue weighted by Crippen LogP contribution is -2.22. The van der Waals surface area contributed by atoms with Crippen LogP contribution >= 0.6 is 11.6 Å². The molecule has 1 aliphatic carbocycles. The van der Waals surface area contributed by atoms with E-state index in [4.69, 9.17) is 11.6 Å². The van der Waals surface area contributed by atoms with Gasteiger partial charge in [0, 0.05) is 5.88 Å². The minimum atomic E-state index is 0.691. The van der Waals surface area contributed by atoms with Gasteiger partial charge < -0.3 is 0 Å². The Balaban J connectivity index is 2.70. The van der Waals surface area contributed by atoms with Crippen LogP contribution in [-0.2, 0) is 0 Å². The summed E-state index contributed by atoms with van der Waals surface area (Å²) >= 11 is 5.82. The van der Waals surface area contributed by atoms with Crippen LogP contribution in [0, 0.1) is 17.8 Å². The second kappa shape index (κ2) is 3.62. The highest BCUT2D eigenvalue weighted by atomic mass is 35.5. The third-order valence-corrected chi connectivity index (χ3v) is 3.49. The molecule has 0 aromatic carbocycles. The highest BCUT2D eigenvalue weighted by Gasteiger charge is 2.24. The second-order valence-electron chi connectivity index (χ2n) is 3.77. The van der Waals surface area contributed by atoms with Crippen molar-refractivity contribution in [3.63, 3.8) is 0 Å². The lowest BCUT2D eigenvalue weighted by Gasteiger charge is -2.31. The van der Waals surface area contributed by atoms with E-state index in [0.29, 0.717) is 5.92 Å².